The molecule has 1 aromatic rings. The Balaban J connectivity index is 1.81. The maximum atomic E-state index is 6.27. The summed E-state index contributed by atoms with van der Waals surface area (Å²) < 4.78 is 1.74. The molecule has 0 amide bonds. The van der Waals surface area contributed by atoms with Gasteiger partial charge in [-0.25, -0.2) is 9.67 Å². The zero-order valence-electron chi connectivity index (χ0n) is 12.0. The van der Waals surface area contributed by atoms with Gasteiger partial charge in [0.15, 0.2) is 0 Å². The second-order valence-corrected chi connectivity index (χ2v) is 5.41. The SMILES string of the molecule is CCCCCCCCC1C(C)=Nc2ncnn2C1N. The predicted molar refractivity (Wildman–Crippen MR) is 77.5 cm³/mol. The third-order valence-electron chi connectivity index (χ3n) is 3.93. The molecule has 5 heteroatoms. The van der Waals surface area contributed by atoms with E-state index in [-0.39, 0.29) is 6.17 Å². The minimum Gasteiger partial charge on any atom is -0.309 e. The molecular weight excluding hydrogens is 238 g/mol. The molecule has 2 heterocycles. The summed E-state index contributed by atoms with van der Waals surface area (Å²) >= 11 is 0. The van der Waals surface area contributed by atoms with Gasteiger partial charge in [0.1, 0.15) is 12.5 Å². The molecule has 0 bridgehead atoms. The van der Waals surface area contributed by atoms with Gasteiger partial charge in [-0.15, -0.1) is 0 Å². The molecule has 0 aromatic carbocycles. The van der Waals surface area contributed by atoms with Gasteiger partial charge in [-0.2, -0.15) is 10.1 Å². The second-order valence-electron chi connectivity index (χ2n) is 5.41. The molecule has 2 rings (SSSR count). The Bertz CT molecular complexity index is 423. The largest absolute Gasteiger partial charge is 0.309 e. The molecular formula is C14H25N5. The monoisotopic (exact) mass is 263 g/mol. The molecule has 0 radical (unpaired) electrons. The van der Waals surface area contributed by atoms with Crippen LogP contribution in [0.2, 0.25) is 0 Å². The van der Waals surface area contributed by atoms with Crippen LogP contribution in [0.25, 0.3) is 0 Å². The Morgan fingerprint density at radius 2 is 1.95 bits per heavy atom. The number of nitrogens with zero attached hydrogens (tertiary/aromatic N) is 4. The van der Waals surface area contributed by atoms with Gasteiger partial charge in [0, 0.05) is 11.6 Å². The topological polar surface area (TPSA) is 69.1 Å². The summed E-state index contributed by atoms with van der Waals surface area (Å²) in [5.41, 5.74) is 7.37. The van der Waals surface area contributed by atoms with Crippen LogP contribution in [-0.4, -0.2) is 20.5 Å². The summed E-state index contributed by atoms with van der Waals surface area (Å²) in [6, 6.07) is 0. The van der Waals surface area contributed by atoms with E-state index in [0.717, 1.165) is 12.1 Å². The molecule has 0 fully saturated rings. The highest BCUT2D eigenvalue weighted by Gasteiger charge is 2.28. The van der Waals surface area contributed by atoms with Crippen molar-refractivity contribution in [1.82, 2.24) is 14.8 Å². The van der Waals surface area contributed by atoms with Gasteiger partial charge in [0.2, 0.25) is 5.95 Å². The third kappa shape index (κ3) is 3.41. The van der Waals surface area contributed by atoms with E-state index in [1.54, 1.807) is 4.68 Å². The number of rotatable bonds is 7. The van der Waals surface area contributed by atoms with Crippen LogP contribution in [-0.2, 0) is 0 Å². The van der Waals surface area contributed by atoms with Crippen LogP contribution in [0.4, 0.5) is 5.95 Å². The van der Waals surface area contributed by atoms with Gasteiger partial charge in [-0.1, -0.05) is 45.4 Å². The van der Waals surface area contributed by atoms with Crippen molar-refractivity contribution in [3.63, 3.8) is 0 Å². The zero-order valence-corrected chi connectivity index (χ0v) is 12.0. The molecule has 2 N–H and O–H groups in total. The first-order valence-electron chi connectivity index (χ1n) is 7.44. The molecule has 1 aliphatic heterocycles. The lowest BCUT2D eigenvalue weighted by atomic mass is 9.92. The summed E-state index contributed by atoms with van der Waals surface area (Å²) in [4.78, 5) is 8.60. The Morgan fingerprint density at radius 3 is 2.74 bits per heavy atom. The molecule has 1 aliphatic rings. The van der Waals surface area contributed by atoms with Crippen LogP contribution in [0.5, 0.6) is 0 Å². The number of unbranched alkanes of at least 4 members (excludes halogenated alkanes) is 5. The fourth-order valence-corrected chi connectivity index (χ4v) is 2.72. The van der Waals surface area contributed by atoms with Gasteiger partial charge in [-0.05, 0) is 13.3 Å². The fourth-order valence-electron chi connectivity index (χ4n) is 2.72. The van der Waals surface area contributed by atoms with Gasteiger partial charge >= 0.3 is 0 Å². The summed E-state index contributed by atoms with van der Waals surface area (Å²) in [5, 5.41) is 4.16. The Morgan fingerprint density at radius 1 is 1.21 bits per heavy atom. The van der Waals surface area contributed by atoms with Crippen LogP contribution >= 0.6 is 0 Å². The normalized spacial score (nSPS) is 22.2. The molecule has 1 aromatic heterocycles. The van der Waals surface area contributed by atoms with Crippen LogP contribution in [0.3, 0.4) is 0 Å². The van der Waals surface area contributed by atoms with E-state index in [4.69, 9.17) is 5.73 Å². The van der Waals surface area contributed by atoms with Crippen LogP contribution in [0.15, 0.2) is 11.3 Å². The number of hydrogen-bond acceptors (Lipinski definition) is 4. The predicted octanol–water partition coefficient (Wildman–Crippen LogP) is 3.21. The van der Waals surface area contributed by atoms with Crippen molar-refractivity contribution in [2.45, 2.75) is 65.0 Å². The highest BCUT2D eigenvalue weighted by Crippen LogP contribution is 2.29. The number of aromatic nitrogens is 3. The summed E-state index contributed by atoms with van der Waals surface area (Å²) in [6.45, 7) is 4.30. The summed E-state index contributed by atoms with van der Waals surface area (Å²) in [5.74, 6) is 0.949. The lowest BCUT2D eigenvalue weighted by molar-refractivity contribution is 0.349. The molecule has 5 nitrogen and oxygen atoms in total. The fraction of sp³-hybridized carbons (Fsp3) is 0.786. The number of aliphatic imine (C=N–C) groups is 1. The summed E-state index contributed by atoms with van der Waals surface area (Å²) in [6.07, 6.45) is 10.4. The first-order chi connectivity index (χ1) is 9.24. The highest BCUT2D eigenvalue weighted by molar-refractivity contribution is 5.87. The number of nitrogens with two attached hydrogens (primary N) is 1. The minimum atomic E-state index is -0.106. The van der Waals surface area contributed by atoms with Crippen LogP contribution < -0.4 is 5.73 Å². The maximum Gasteiger partial charge on any atom is 0.249 e. The van der Waals surface area contributed by atoms with Crippen molar-refractivity contribution >= 4 is 11.7 Å². The first-order valence-corrected chi connectivity index (χ1v) is 7.44. The number of fused-ring (bicyclic) bond motifs is 1. The van der Waals surface area contributed by atoms with Gasteiger partial charge < -0.3 is 5.73 Å². The molecule has 106 valence electrons. The van der Waals surface area contributed by atoms with Crippen molar-refractivity contribution in [2.24, 2.45) is 16.6 Å². The van der Waals surface area contributed by atoms with E-state index in [1.807, 2.05) is 0 Å². The van der Waals surface area contributed by atoms with Crippen molar-refractivity contribution in [1.29, 1.82) is 0 Å². The van der Waals surface area contributed by atoms with Crippen molar-refractivity contribution < 1.29 is 0 Å². The molecule has 0 aliphatic carbocycles. The lowest BCUT2D eigenvalue weighted by Crippen LogP contribution is -2.35. The zero-order chi connectivity index (χ0) is 13.7. The van der Waals surface area contributed by atoms with E-state index in [9.17, 15) is 0 Å². The van der Waals surface area contributed by atoms with Crippen molar-refractivity contribution in [3.05, 3.63) is 6.33 Å². The molecule has 2 atom stereocenters. The third-order valence-corrected chi connectivity index (χ3v) is 3.93. The molecule has 0 saturated carbocycles. The molecule has 2 unspecified atom stereocenters. The van der Waals surface area contributed by atoms with E-state index in [2.05, 4.69) is 28.9 Å². The van der Waals surface area contributed by atoms with Crippen molar-refractivity contribution in [2.75, 3.05) is 0 Å². The first kappa shape index (κ1) is 14.2. The van der Waals surface area contributed by atoms with E-state index in [1.165, 1.54) is 44.9 Å². The van der Waals surface area contributed by atoms with Crippen molar-refractivity contribution in [3.8, 4) is 0 Å². The molecule has 0 saturated heterocycles. The van der Waals surface area contributed by atoms with E-state index in [0.29, 0.717) is 11.9 Å². The Labute approximate surface area is 115 Å². The standard InChI is InChI=1S/C14H25N5/c1-3-4-5-6-7-8-9-12-11(2)18-14-16-10-17-19(14)13(12)15/h10,12-13H,3-9,15H2,1-2H3. The Hall–Kier alpha value is -1.23. The van der Waals surface area contributed by atoms with E-state index >= 15 is 0 Å². The van der Waals surface area contributed by atoms with Gasteiger partial charge in [0.25, 0.3) is 0 Å². The summed E-state index contributed by atoms with van der Waals surface area (Å²) in [7, 11) is 0. The quantitative estimate of drug-likeness (QED) is 0.768. The second kappa shape index (κ2) is 6.80. The maximum absolute atomic E-state index is 6.27. The molecule has 19 heavy (non-hydrogen) atoms. The minimum absolute atomic E-state index is 0.106. The van der Waals surface area contributed by atoms with Crippen LogP contribution in [0, 0.1) is 5.92 Å². The average Bonchev–Trinajstić information content (AvgIpc) is 2.85. The Kier molecular flexibility index (Phi) is 5.07. The molecule has 0 spiro atoms. The lowest BCUT2D eigenvalue weighted by Gasteiger charge is -2.27. The van der Waals surface area contributed by atoms with Gasteiger partial charge in [-0.3, -0.25) is 0 Å². The van der Waals surface area contributed by atoms with E-state index < -0.39 is 0 Å². The highest BCUT2D eigenvalue weighted by atomic mass is 15.4. The van der Waals surface area contributed by atoms with Crippen LogP contribution in [0.1, 0.15) is 65.0 Å². The smallest absolute Gasteiger partial charge is 0.249 e. The van der Waals surface area contributed by atoms with Gasteiger partial charge in [0.05, 0.1) is 0 Å². The average molecular weight is 263 g/mol. The number of hydrogen-bond donors (Lipinski definition) is 1.